The Labute approximate surface area is 202 Å². The molecule has 3 aromatic heterocycles. The van der Waals surface area contributed by atoms with E-state index in [-0.39, 0.29) is 43.4 Å². The van der Waals surface area contributed by atoms with Gasteiger partial charge in [0.25, 0.3) is 5.56 Å². The summed E-state index contributed by atoms with van der Waals surface area (Å²) in [5, 5.41) is 0.396. The summed E-state index contributed by atoms with van der Waals surface area (Å²) >= 11 is 21.2. The summed E-state index contributed by atoms with van der Waals surface area (Å²) in [6.45, 7) is 1.40. The molecule has 0 aliphatic heterocycles. The van der Waals surface area contributed by atoms with Gasteiger partial charge in [-0.1, -0.05) is 46.5 Å². The fourth-order valence-corrected chi connectivity index (χ4v) is 6.08. The van der Waals surface area contributed by atoms with E-state index in [9.17, 15) is 9.59 Å². The van der Waals surface area contributed by atoms with Gasteiger partial charge in [-0.2, -0.15) is 0 Å². The van der Waals surface area contributed by atoms with E-state index in [1.165, 1.54) is 50.0 Å². The van der Waals surface area contributed by atoms with Crippen molar-refractivity contribution in [3.63, 3.8) is 0 Å². The van der Waals surface area contributed by atoms with Crippen molar-refractivity contribution in [3.8, 4) is 11.3 Å². The third kappa shape index (κ3) is 4.23. The predicted molar refractivity (Wildman–Crippen MR) is 133 cm³/mol. The number of aromatic amines is 1. The van der Waals surface area contributed by atoms with E-state index >= 15 is 4.39 Å². The van der Waals surface area contributed by atoms with Crippen molar-refractivity contribution in [1.29, 1.82) is 0 Å². The molecule has 0 amide bonds. The van der Waals surface area contributed by atoms with Gasteiger partial charge in [-0.25, -0.2) is 9.37 Å². The topological polar surface area (TPSA) is 92.2 Å². The summed E-state index contributed by atoms with van der Waals surface area (Å²) in [6.07, 6.45) is 5.72. The van der Waals surface area contributed by atoms with Gasteiger partial charge in [-0.15, -0.1) is 0 Å². The van der Waals surface area contributed by atoms with Crippen LogP contribution >= 0.6 is 54.8 Å². The number of carbonyl (C=O) groups is 1. The van der Waals surface area contributed by atoms with E-state index in [0.29, 0.717) is 5.52 Å². The number of fused-ring (bicyclic) bond motifs is 1. The molecule has 0 aliphatic rings. The zero-order chi connectivity index (χ0) is 23.2. The summed E-state index contributed by atoms with van der Waals surface area (Å²) < 4.78 is 20.0. The smallest absolute Gasteiger partial charge is 0.263 e. The molecule has 0 spiro atoms. The van der Waals surface area contributed by atoms with Crippen LogP contribution in [0, 0.1) is 5.82 Å². The molecule has 3 heterocycles. The SMILES string of the molecule is CC(=O)c1ncn2cc(-c3c(Cl)ccc(NS(S)(S)c4cc(Cl)c[nH]c4=O)c3F)ncc12. The van der Waals surface area contributed by atoms with Crippen LogP contribution < -0.4 is 10.3 Å². The lowest BCUT2D eigenvalue weighted by Crippen LogP contribution is -2.14. The van der Waals surface area contributed by atoms with Crippen LogP contribution in [0.15, 0.2) is 52.8 Å². The predicted octanol–water partition coefficient (Wildman–Crippen LogP) is 5.61. The minimum atomic E-state index is -2.59. The van der Waals surface area contributed by atoms with E-state index in [0.717, 1.165) is 0 Å². The highest BCUT2D eigenvalue weighted by molar-refractivity contribution is 9.18. The summed E-state index contributed by atoms with van der Waals surface area (Å²) in [5.41, 5.74) is 0.549. The van der Waals surface area contributed by atoms with Gasteiger partial charge in [0.2, 0.25) is 0 Å². The number of benzene rings is 1. The van der Waals surface area contributed by atoms with Crippen LogP contribution in [0.5, 0.6) is 0 Å². The van der Waals surface area contributed by atoms with Gasteiger partial charge in [0.1, 0.15) is 12.0 Å². The van der Waals surface area contributed by atoms with Crippen LogP contribution in [-0.2, 0) is 0 Å². The second kappa shape index (κ2) is 8.64. The van der Waals surface area contributed by atoms with Gasteiger partial charge in [-0.05, 0) is 26.5 Å². The fourth-order valence-electron chi connectivity index (χ4n) is 3.02. The van der Waals surface area contributed by atoms with Crippen LogP contribution in [0.2, 0.25) is 10.0 Å². The number of carbonyl (C=O) groups excluding carboxylic acids is 1. The average molecular weight is 530 g/mol. The Morgan fingerprint density at radius 1 is 1.28 bits per heavy atom. The number of hydrogen-bond donors (Lipinski definition) is 4. The number of nitrogens with zero attached hydrogens (tertiary/aromatic N) is 3. The lowest BCUT2D eigenvalue weighted by molar-refractivity contribution is 0.101. The van der Waals surface area contributed by atoms with E-state index in [1.807, 2.05) is 0 Å². The monoisotopic (exact) mass is 529 g/mol. The quantitative estimate of drug-likeness (QED) is 0.153. The maximum atomic E-state index is 15.5. The first-order valence-corrected chi connectivity index (χ1v) is 13.3. The highest BCUT2D eigenvalue weighted by Gasteiger charge is 2.25. The van der Waals surface area contributed by atoms with Crippen molar-refractivity contribution in [2.24, 2.45) is 0 Å². The van der Waals surface area contributed by atoms with Crippen molar-refractivity contribution in [2.75, 3.05) is 4.72 Å². The van der Waals surface area contributed by atoms with Crippen LogP contribution in [0.4, 0.5) is 10.1 Å². The lowest BCUT2D eigenvalue weighted by atomic mass is 10.1. The summed E-state index contributed by atoms with van der Waals surface area (Å²) in [4.78, 5) is 34.9. The fraction of sp³-hybridized carbons (Fsp3) is 0.0526. The van der Waals surface area contributed by atoms with Crippen molar-refractivity contribution < 1.29 is 9.18 Å². The molecule has 13 heteroatoms. The number of anilines is 1. The molecule has 0 saturated heterocycles. The van der Waals surface area contributed by atoms with E-state index in [1.54, 1.807) is 4.40 Å². The number of Topliss-reactive ketones (excluding diaryl/α,β-unsaturated/α-hetero) is 1. The van der Waals surface area contributed by atoms with Crippen LogP contribution in [0.3, 0.4) is 0 Å². The number of imidazole rings is 1. The van der Waals surface area contributed by atoms with Crippen LogP contribution in [0.25, 0.3) is 16.8 Å². The molecule has 0 radical (unpaired) electrons. The van der Waals surface area contributed by atoms with Gasteiger partial charge in [0.15, 0.2) is 11.6 Å². The molecule has 0 bridgehead atoms. The molecular formula is C19H14Cl2FN5O2S3. The molecule has 1 aromatic carbocycles. The number of aromatic nitrogens is 4. The lowest BCUT2D eigenvalue weighted by Gasteiger charge is -2.30. The number of halogens is 3. The van der Waals surface area contributed by atoms with Gasteiger partial charge in [-0.3, -0.25) is 14.6 Å². The molecule has 0 unspecified atom stereocenters. The highest BCUT2D eigenvalue weighted by Crippen LogP contribution is 2.62. The molecule has 166 valence electrons. The van der Waals surface area contributed by atoms with Gasteiger partial charge >= 0.3 is 0 Å². The molecule has 4 rings (SSSR count). The molecular weight excluding hydrogens is 516 g/mol. The Morgan fingerprint density at radius 2 is 2.03 bits per heavy atom. The number of nitrogens with one attached hydrogen (secondary N) is 2. The standard InChI is InChI=1S/C19H14Cl2FN5O2S3/c1-9(28)18-14-6-23-13(7-27(14)8-25-18)16-11(21)2-3-12(17(16)22)26-32(30,31)15-4-10(20)5-24-19(15)29/h2-8,26,30-31H,1H3,(H,24,29). The number of hydrogen-bond acceptors (Lipinski definition) is 7. The van der Waals surface area contributed by atoms with Crippen molar-refractivity contribution in [3.05, 3.63) is 75.0 Å². The third-order valence-electron chi connectivity index (χ3n) is 4.49. The van der Waals surface area contributed by atoms with Crippen LogP contribution in [-0.4, -0.2) is 25.1 Å². The number of rotatable bonds is 5. The van der Waals surface area contributed by atoms with Gasteiger partial charge < -0.3 is 14.1 Å². The zero-order valence-corrected chi connectivity index (χ0v) is 20.3. The molecule has 32 heavy (non-hydrogen) atoms. The first-order valence-electron chi connectivity index (χ1n) is 8.84. The maximum absolute atomic E-state index is 15.5. The minimum Gasteiger partial charge on any atom is -0.327 e. The molecule has 2 N–H and O–H groups in total. The van der Waals surface area contributed by atoms with E-state index in [2.05, 4.69) is 43.0 Å². The van der Waals surface area contributed by atoms with E-state index in [4.69, 9.17) is 23.2 Å². The molecule has 0 fully saturated rings. The third-order valence-corrected chi connectivity index (χ3v) is 8.18. The Morgan fingerprint density at radius 3 is 2.75 bits per heavy atom. The van der Waals surface area contributed by atoms with Crippen molar-refractivity contribution >= 4 is 71.8 Å². The molecule has 0 aliphatic carbocycles. The number of pyridine rings is 1. The molecule has 0 saturated carbocycles. The Kier molecular flexibility index (Phi) is 6.21. The zero-order valence-electron chi connectivity index (χ0n) is 16.1. The second-order valence-corrected chi connectivity index (χ2v) is 13.4. The first-order chi connectivity index (χ1) is 15.1. The highest BCUT2D eigenvalue weighted by atomic mass is 35.5. The summed E-state index contributed by atoms with van der Waals surface area (Å²) in [6, 6.07) is 4.32. The Hall–Kier alpha value is -2.18. The Bertz CT molecular complexity index is 1440. The van der Waals surface area contributed by atoms with Crippen LogP contribution in [0.1, 0.15) is 17.4 Å². The summed E-state index contributed by atoms with van der Waals surface area (Å²) in [5.74, 6) is -0.926. The maximum Gasteiger partial charge on any atom is 0.263 e. The summed E-state index contributed by atoms with van der Waals surface area (Å²) in [7, 11) is -2.59. The van der Waals surface area contributed by atoms with E-state index < -0.39 is 19.7 Å². The Balaban J connectivity index is 1.78. The number of thiol groups is 2. The average Bonchev–Trinajstić information content (AvgIpc) is 3.15. The molecule has 4 aromatic rings. The number of H-pyrrole nitrogens is 1. The largest absolute Gasteiger partial charge is 0.327 e. The number of ketones is 1. The van der Waals surface area contributed by atoms with Gasteiger partial charge in [0.05, 0.1) is 43.6 Å². The van der Waals surface area contributed by atoms with Crippen molar-refractivity contribution in [2.45, 2.75) is 11.8 Å². The molecule has 7 nitrogen and oxygen atoms in total. The minimum absolute atomic E-state index is 0.0146. The van der Waals surface area contributed by atoms with Gasteiger partial charge in [0, 0.05) is 19.3 Å². The molecule has 0 atom stereocenters. The second-order valence-electron chi connectivity index (χ2n) is 6.66. The van der Waals surface area contributed by atoms with Crippen molar-refractivity contribution in [1.82, 2.24) is 19.4 Å². The first kappa shape index (κ1) is 23.0. The normalized spacial score (nSPS) is 12.2.